The minimum absolute atomic E-state index is 0.0922. The number of nitro benzene ring substituents is 1. The van der Waals surface area contributed by atoms with Gasteiger partial charge in [0.25, 0.3) is 5.69 Å². The van der Waals surface area contributed by atoms with Gasteiger partial charge in [-0.1, -0.05) is 30.3 Å². The lowest BCUT2D eigenvalue weighted by Gasteiger charge is -2.32. The summed E-state index contributed by atoms with van der Waals surface area (Å²) in [5.41, 5.74) is 8.42. The Hall–Kier alpha value is -3.26. The highest BCUT2D eigenvalue weighted by Crippen LogP contribution is 2.36. The maximum atomic E-state index is 11.8. The number of anilines is 2. The highest BCUT2D eigenvalue weighted by atomic mass is 16.6. The Balaban J connectivity index is 1.59. The van der Waals surface area contributed by atoms with E-state index in [1.165, 1.54) is 11.9 Å². The van der Waals surface area contributed by atoms with E-state index in [9.17, 15) is 10.1 Å². The van der Waals surface area contributed by atoms with Gasteiger partial charge in [0.05, 0.1) is 10.4 Å². The summed E-state index contributed by atoms with van der Waals surface area (Å²) in [6.45, 7) is 2.88. The summed E-state index contributed by atoms with van der Waals surface area (Å²) in [7, 11) is 0. The lowest BCUT2D eigenvalue weighted by molar-refractivity contribution is -0.384. The van der Waals surface area contributed by atoms with Crippen molar-refractivity contribution >= 4 is 28.1 Å². The van der Waals surface area contributed by atoms with Crippen LogP contribution in [0.2, 0.25) is 0 Å². The second-order valence-electron chi connectivity index (χ2n) is 7.67. The maximum absolute atomic E-state index is 11.8. The van der Waals surface area contributed by atoms with Crippen molar-refractivity contribution in [3.05, 3.63) is 64.5 Å². The molecule has 8 heteroatoms. The number of hydrogen-bond donors (Lipinski definition) is 2. The number of fused-ring (bicyclic) bond motifs is 1. The first-order valence-electron chi connectivity index (χ1n) is 10.3. The minimum atomic E-state index is -0.315. The topological polar surface area (TPSA) is 110 Å². The standard InChI is InChI=1S/C22H26N6O2/c23-14-17-7-10-27(11-8-17)20-13-19-18(12-21(20)28(29)30)22(26-15-25-19)24-9-6-16-4-2-1-3-5-16/h1-5,12-13,15,17H,6-11,14,23H2,(H,24,25,26). The summed E-state index contributed by atoms with van der Waals surface area (Å²) in [6.07, 6.45) is 4.23. The van der Waals surface area contributed by atoms with Gasteiger partial charge < -0.3 is 16.0 Å². The van der Waals surface area contributed by atoms with Crippen LogP contribution in [-0.4, -0.2) is 41.1 Å². The molecule has 8 nitrogen and oxygen atoms in total. The molecule has 0 unspecified atom stereocenters. The summed E-state index contributed by atoms with van der Waals surface area (Å²) in [5, 5.41) is 15.8. The molecule has 0 atom stereocenters. The van der Waals surface area contributed by atoms with E-state index in [0.29, 0.717) is 41.4 Å². The van der Waals surface area contributed by atoms with Crippen LogP contribution in [-0.2, 0) is 6.42 Å². The zero-order valence-corrected chi connectivity index (χ0v) is 16.8. The Labute approximate surface area is 175 Å². The van der Waals surface area contributed by atoms with Crippen LogP contribution in [0.1, 0.15) is 18.4 Å². The zero-order chi connectivity index (χ0) is 20.9. The quantitative estimate of drug-likeness (QED) is 0.457. The molecule has 30 heavy (non-hydrogen) atoms. The van der Waals surface area contributed by atoms with Gasteiger partial charge in [-0.3, -0.25) is 10.1 Å². The SMILES string of the molecule is NCC1CCN(c2cc3ncnc(NCCc4ccccc4)c3cc2[N+](=O)[O-])CC1. The van der Waals surface area contributed by atoms with Gasteiger partial charge in [-0.05, 0) is 43.4 Å². The Morgan fingerprint density at radius 1 is 1.17 bits per heavy atom. The number of hydrogen-bond acceptors (Lipinski definition) is 7. The highest BCUT2D eigenvalue weighted by molar-refractivity contribution is 5.94. The van der Waals surface area contributed by atoms with Crippen molar-refractivity contribution in [2.75, 3.05) is 36.4 Å². The molecule has 156 valence electrons. The lowest BCUT2D eigenvalue weighted by Crippen LogP contribution is -2.36. The third-order valence-corrected chi connectivity index (χ3v) is 5.77. The van der Waals surface area contributed by atoms with Crippen molar-refractivity contribution in [2.45, 2.75) is 19.3 Å². The number of piperidine rings is 1. The summed E-state index contributed by atoms with van der Waals surface area (Å²) < 4.78 is 0. The smallest absolute Gasteiger partial charge is 0.293 e. The Kier molecular flexibility index (Phi) is 6.04. The van der Waals surface area contributed by atoms with E-state index in [-0.39, 0.29) is 10.6 Å². The van der Waals surface area contributed by atoms with Crippen LogP contribution in [0.5, 0.6) is 0 Å². The molecule has 0 spiro atoms. The van der Waals surface area contributed by atoms with Gasteiger partial charge >= 0.3 is 0 Å². The van der Waals surface area contributed by atoms with E-state index in [4.69, 9.17) is 5.73 Å². The highest BCUT2D eigenvalue weighted by Gasteiger charge is 2.26. The van der Waals surface area contributed by atoms with Gasteiger partial charge in [-0.15, -0.1) is 0 Å². The third-order valence-electron chi connectivity index (χ3n) is 5.77. The number of nitrogens with one attached hydrogen (secondary N) is 1. The third kappa shape index (κ3) is 4.33. The van der Waals surface area contributed by atoms with Crippen molar-refractivity contribution in [3.8, 4) is 0 Å². The van der Waals surface area contributed by atoms with Crippen molar-refractivity contribution in [2.24, 2.45) is 11.7 Å². The zero-order valence-electron chi connectivity index (χ0n) is 16.8. The number of nitro groups is 1. The average molecular weight is 406 g/mol. The second-order valence-corrected chi connectivity index (χ2v) is 7.67. The molecule has 0 saturated carbocycles. The Morgan fingerprint density at radius 3 is 2.63 bits per heavy atom. The van der Waals surface area contributed by atoms with Crippen molar-refractivity contribution in [1.29, 1.82) is 0 Å². The van der Waals surface area contributed by atoms with Crippen molar-refractivity contribution < 1.29 is 4.92 Å². The van der Waals surface area contributed by atoms with E-state index in [1.807, 2.05) is 24.3 Å². The molecule has 2 heterocycles. The molecular weight excluding hydrogens is 380 g/mol. The molecule has 1 fully saturated rings. The Bertz CT molecular complexity index is 1020. The van der Waals surface area contributed by atoms with Crippen LogP contribution < -0.4 is 16.0 Å². The molecule has 1 aliphatic heterocycles. The van der Waals surface area contributed by atoms with Crippen molar-refractivity contribution in [1.82, 2.24) is 9.97 Å². The second kappa shape index (κ2) is 9.04. The molecule has 4 rings (SSSR count). The fourth-order valence-electron chi connectivity index (χ4n) is 4.00. The van der Waals surface area contributed by atoms with Crippen LogP contribution in [0.3, 0.4) is 0 Å². The van der Waals surface area contributed by atoms with Gasteiger partial charge in [0.2, 0.25) is 0 Å². The van der Waals surface area contributed by atoms with Gasteiger partial charge in [0.15, 0.2) is 0 Å². The van der Waals surface area contributed by atoms with E-state index in [1.54, 1.807) is 6.07 Å². The first-order valence-corrected chi connectivity index (χ1v) is 10.3. The molecule has 1 aliphatic rings. The number of benzene rings is 2. The first-order chi connectivity index (χ1) is 14.7. The minimum Gasteiger partial charge on any atom is -0.369 e. The van der Waals surface area contributed by atoms with Crippen LogP contribution in [0.15, 0.2) is 48.8 Å². The number of rotatable bonds is 7. The normalized spacial score (nSPS) is 14.8. The summed E-state index contributed by atoms with van der Waals surface area (Å²) in [5.74, 6) is 1.11. The molecule has 0 amide bonds. The first kappa shape index (κ1) is 20.0. The van der Waals surface area contributed by atoms with E-state index in [2.05, 4.69) is 32.3 Å². The molecule has 0 aliphatic carbocycles. The Morgan fingerprint density at radius 2 is 1.93 bits per heavy atom. The van der Waals surface area contributed by atoms with Crippen LogP contribution >= 0.6 is 0 Å². The fraction of sp³-hybridized carbons (Fsp3) is 0.364. The van der Waals surface area contributed by atoms with Crippen molar-refractivity contribution in [3.63, 3.8) is 0 Å². The van der Waals surface area contributed by atoms with Crippen LogP contribution in [0.25, 0.3) is 10.9 Å². The predicted octanol–water partition coefficient (Wildman–Crippen LogP) is 3.37. The molecule has 1 aromatic heterocycles. The van der Waals surface area contributed by atoms with E-state index >= 15 is 0 Å². The lowest BCUT2D eigenvalue weighted by atomic mass is 9.96. The number of aromatic nitrogens is 2. The summed E-state index contributed by atoms with van der Waals surface area (Å²) >= 11 is 0. The average Bonchev–Trinajstić information content (AvgIpc) is 2.79. The number of nitrogens with zero attached hydrogens (tertiary/aromatic N) is 4. The van der Waals surface area contributed by atoms with E-state index in [0.717, 1.165) is 32.4 Å². The van der Waals surface area contributed by atoms with Gasteiger partial charge in [-0.25, -0.2) is 9.97 Å². The molecule has 0 bridgehead atoms. The summed E-state index contributed by atoms with van der Waals surface area (Å²) in [6, 6.07) is 13.6. The van der Waals surface area contributed by atoms with Gasteiger partial charge in [0.1, 0.15) is 17.8 Å². The molecule has 1 saturated heterocycles. The fourth-order valence-corrected chi connectivity index (χ4v) is 4.00. The predicted molar refractivity (Wildman–Crippen MR) is 119 cm³/mol. The molecule has 0 radical (unpaired) electrons. The largest absolute Gasteiger partial charge is 0.369 e. The van der Waals surface area contributed by atoms with Gasteiger partial charge in [-0.2, -0.15) is 0 Å². The maximum Gasteiger partial charge on any atom is 0.293 e. The molecular formula is C22H26N6O2. The van der Waals surface area contributed by atoms with Gasteiger partial charge in [0, 0.05) is 31.1 Å². The molecule has 3 N–H and O–H groups in total. The number of nitrogens with two attached hydrogens (primary N) is 1. The molecule has 3 aromatic rings. The monoisotopic (exact) mass is 406 g/mol. The van der Waals surface area contributed by atoms with Crippen LogP contribution in [0, 0.1) is 16.0 Å². The molecule has 2 aromatic carbocycles. The summed E-state index contributed by atoms with van der Waals surface area (Å²) in [4.78, 5) is 22.3. The van der Waals surface area contributed by atoms with E-state index < -0.39 is 0 Å². The van der Waals surface area contributed by atoms with Crippen LogP contribution in [0.4, 0.5) is 17.2 Å².